The zero-order valence-electron chi connectivity index (χ0n) is 26.4. The molecule has 0 saturated heterocycles. The van der Waals surface area contributed by atoms with Gasteiger partial charge in [0.25, 0.3) is 0 Å². The second-order valence-electron chi connectivity index (χ2n) is 10.9. The minimum Gasteiger partial charge on any atom is -0.497 e. The second-order valence-corrected chi connectivity index (χ2v) is 13.2. The molecular weight excluding hydrogens is 709 g/mol. The number of methoxy groups -OCH3 is 2. The first-order chi connectivity index (χ1) is 23.2. The van der Waals surface area contributed by atoms with E-state index in [1.165, 1.54) is 32.4 Å². The van der Waals surface area contributed by atoms with Crippen LogP contribution < -0.4 is 19.1 Å². The van der Waals surface area contributed by atoms with Crippen molar-refractivity contribution < 1.29 is 62.1 Å². The van der Waals surface area contributed by atoms with Crippen LogP contribution >= 0.6 is 0 Å². The van der Waals surface area contributed by atoms with Gasteiger partial charge < -0.3 is 19.1 Å². The number of nitrogens with zero attached hydrogens (tertiary/aromatic N) is 3. The lowest BCUT2D eigenvalue weighted by Crippen LogP contribution is -2.26. The van der Waals surface area contributed by atoms with E-state index in [0.29, 0.717) is 17.9 Å². The molecule has 1 heterocycles. The summed E-state index contributed by atoms with van der Waals surface area (Å²) in [7, 11) is -0.717. The molecule has 0 bridgehead atoms. The van der Waals surface area contributed by atoms with Crippen LogP contribution in [0.15, 0.2) is 67.0 Å². The summed E-state index contributed by atoms with van der Waals surface area (Å²) in [4.78, 5) is 9.27. The molecule has 0 radical (unpaired) electrons. The molecule has 0 unspecified atom stereocenters. The molecule has 0 fully saturated rings. The van der Waals surface area contributed by atoms with Crippen molar-refractivity contribution in [2.24, 2.45) is 0 Å². The van der Waals surface area contributed by atoms with E-state index in [2.05, 4.69) is 9.97 Å². The fourth-order valence-corrected chi connectivity index (χ4v) is 5.17. The summed E-state index contributed by atoms with van der Waals surface area (Å²) in [5.74, 6) is -0.173. The summed E-state index contributed by atoms with van der Waals surface area (Å²) in [5.41, 5.74) is -4.43. The first-order valence-electron chi connectivity index (χ1n) is 14.3. The zero-order chi connectivity index (χ0) is 37.1. The fourth-order valence-electron chi connectivity index (χ4n) is 4.78. The van der Waals surface area contributed by atoms with E-state index in [1.54, 1.807) is 0 Å². The third-order valence-corrected chi connectivity index (χ3v) is 8.04. The molecule has 1 aromatic heterocycles. The minimum atomic E-state index is -5.17. The van der Waals surface area contributed by atoms with Gasteiger partial charge in [-0.05, 0) is 65.2 Å². The topological polar surface area (TPSA) is 90.9 Å². The van der Waals surface area contributed by atoms with Crippen LogP contribution in [0.1, 0.15) is 27.8 Å². The predicted molar refractivity (Wildman–Crippen MR) is 164 cm³/mol. The van der Waals surface area contributed by atoms with Crippen molar-refractivity contribution in [3.05, 3.63) is 94.8 Å². The van der Waals surface area contributed by atoms with Crippen LogP contribution in [0.5, 0.6) is 17.2 Å². The van der Waals surface area contributed by atoms with E-state index >= 15 is 0 Å². The Morgan fingerprint density at radius 2 is 1.28 bits per heavy atom. The molecule has 0 atom stereocenters. The average molecular weight is 738 g/mol. The molecule has 0 saturated carbocycles. The number of anilines is 1. The van der Waals surface area contributed by atoms with Crippen LogP contribution in [-0.2, 0) is 41.5 Å². The van der Waals surface area contributed by atoms with Crippen molar-refractivity contribution in [1.82, 2.24) is 9.97 Å². The Labute approximate surface area is 280 Å². The van der Waals surface area contributed by atoms with Gasteiger partial charge in [0.1, 0.15) is 18.1 Å². The van der Waals surface area contributed by atoms with Gasteiger partial charge in [-0.3, -0.25) is 0 Å². The Morgan fingerprint density at radius 1 is 0.680 bits per heavy atom. The van der Waals surface area contributed by atoms with E-state index in [-0.39, 0.29) is 52.6 Å². The number of hydrogen-bond acceptors (Lipinski definition) is 8. The van der Waals surface area contributed by atoms with E-state index in [1.807, 2.05) is 0 Å². The Morgan fingerprint density at radius 3 is 1.80 bits per heavy atom. The molecule has 8 nitrogen and oxygen atoms in total. The fraction of sp³-hybridized carbons (Fsp3) is 0.312. The van der Waals surface area contributed by atoms with Crippen molar-refractivity contribution in [2.75, 3.05) is 37.7 Å². The smallest absolute Gasteiger partial charge is 0.416 e. The lowest BCUT2D eigenvalue weighted by Gasteiger charge is -2.26. The molecule has 0 aliphatic carbocycles. The minimum absolute atomic E-state index is 0.0309. The summed E-state index contributed by atoms with van der Waals surface area (Å²) in [5, 5.41) is 0. The van der Waals surface area contributed by atoms with E-state index < -0.39 is 63.7 Å². The number of halogens is 9. The Kier molecular flexibility index (Phi) is 11.1. The molecule has 50 heavy (non-hydrogen) atoms. The maximum absolute atomic E-state index is 14.0. The van der Waals surface area contributed by atoms with E-state index in [9.17, 15) is 47.9 Å². The number of hydrogen-bond donors (Lipinski definition) is 0. The SMILES string of the molecule is COc1ccc(OC)c(-c2ccc(C(F)(F)F)cc2CN(Cc2cc(C(F)(F)F)cc(C(F)(F)F)c2)c2ncc(OCCS(C)(=O)=O)cn2)c1. The van der Waals surface area contributed by atoms with Crippen LogP contribution in [0.4, 0.5) is 45.5 Å². The molecule has 18 heteroatoms. The summed E-state index contributed by atoms with van der Waals surface area (Å²) >= 11 is 0. The monoisotopic (exact) mass is 737 g/mol. The van der Waals surface area contributed by atoms with Crippen molar-refractivity contribution in [1.29, 1.82) is 0 Å². The van der Waals surface area contributed by atoms with Gasteiger partial charge in [-0.15, -0.1) is 0 Å². The van der Waals surface area contributed by atoms with Gasteiger partial charge in [-0.25, -0.2) is 18.4 Å². The molecule has 0 aliphatic heterocycles. The third-order valence-electron chi connectivity index (χ3n) is 7.13. The van der Waals surface area contributed by atoms with Crippen molar-refractivity contribution in [3.63, 3.8) is 0 Å². The highest BCUT2D eigenvalue weighted by Gasteiger charge is 2.37. The normalized spacial score (nSPS) is 12.5. The largest absolute Gasteiger partial charge is 0.497 e. The average Bonchev–Trinajstić information content (AvgIpc) is 3.02. The highest BCUT2D eigenvalue weighted by atomic mass is 32.2. The second kappa shape index (κ2) is 14.6. The highest BCUT2D eigenvalue weighted by molar-refractivity contribution is 7.90. The molecular formula is C32H28F9N3O5S. The van der Waals surface area contributed by atoms with Crippen molar-refractivity contribution in [2.45, 2.75) is 31.6 Å². The molecule has 0 N–H and O–H groups in total. The van der Waals surface area contributed by atoms with E-state index in [4.69, 9.17) is 14.2 Å². The van der Waals surface area contributed by atoms with Gasteiger partial charge in [-0.1, -0.05) is 6.07 Å². The van der Waals surface area contributed by atoms with Gasteiger partial charge in [-0.2, -0.15) is 39.5 Å². The number of ether oxygens (including phenoxy) is 3. The number of sulfone groups is 1. The summed E-state index contributed by atoms with van der Waals surface area (Å²) in [6.45, 7) is -1.58. The van der Waals surface area contributed by atoms with Gasteiger partial charge in [0, 0.05) is 24.9 Å². The Bertz CT molecular complexity index is 1880. The van der Waals surface area contributed by atoms with Gasteiger partial charge >= 0.3 is 18.5 Å². The molecule has 0 spiro atoms. The molecule has 3 aromatic carbocycles. The number of benzene rings is 3. The number of alkyl halides is 9. The number of aromatic nitrogens is 2. The predicted octanol–water partition coefficient (Wildman–Crippen LogP) is 7.85. The molecule has 4 rings (SSSR count). The van der Waals surface area contributed by atoms with Crippen LogP contribution in [0.3, 0.4) is 0 Å². The van der Waals surface area contributed by atoms with Crippen LogP contribution in [0, 0.1) is 0 Å². The first kappa shape index (κ1) is 38.1. The zero-order valence-corrected chi connectivity index (χ0v) is 27.2. The molecule has 4 aromatic rings. The molecule has 0 aliphatic rings. The maximum Gasteiger partial charge on any atom is 0.416 e. The summed E-state index contributed by atoms with van der Waals surface area (Å²) in [6.07, 6.45) is -12.0. The molecule has 270 valence electrons. The van der Waals surface area contributed by atoms with Gasteiger partial charge in [0.2, 0.25) is 5.95 Å². The first-order valence-corrected chi connectivity index (χ1v) is 16.3. The highest BCUT2D eigenvalue weighted by Crippen LogP contribution is 2.40. The van der Waals surface area contributed by atoms with E-state index in [0.717, 1.165) is 41.7 Å². The van der Waals surface area contributed by atoms with Crippen LogP contribution in [0.25, 0.3) is 11.1 Å². The Hall–Kier alpha value is -4.74. The lowest BCUT2D eigenvalue weighted by atomic mass is 9.95. The quantitative estimate of drug-likeness (QED) is 0.136. The van der Waals surface area contributed by atoms with Gasteiger partial charge in [0.05, 0.1) is 49.1 Å². The lowest BCUT2D eigenvalue weighted by molar-refractivity contribution is -0.143. The summed E-state index contributed by atoms with van der Waals surface area (Å²) in [6, 6.07) is 8.20. The van der Waals surface area contributed by atoms with Crippen LogP contribution in [0.2, 0.25) is 0 Å². The Balaban J connectivity index is 1.88. The van der Waals surface area contributed by atoms with Crippen LogP contribution in [-0.4, -0.2) is 51.2 Å². The third kappa shape index (κ3) is 9.92. The van der Waals surface area contributed by atoms with Gasteiger partial charge in [0.15, 0.2) is 15.6 Å². The van der Waals surface area contributed by atoms with Crippen molar-refractivity contribution >= 4 is 15.8 Å². The molecule has 0 amide bonds. The standard InChI is InChI=1S/C32H28F9N3O5S/c1-47-24-5-7-28(48-2)27(14-24)26-6-4-21(30(33,34)35)12-20(26)18-44(29-42-15-25(16-43-29)49-8-9-50(3,45)46)17-19-10-22(31(36,37)38)13-23(11-19)32(39,40)41/h4-7,10-16H,8-9,17-18H2,1-3H3. The summed E-state index contributed by atoms with van der Waals surface area (Å²) < 4.78 is 163. The van der Waals surface area contributed by atoms with Crippen molar-refractivity contribution in [3.8, 4) is 28.4 Å². The maximum atomic E-state index is 14.0. The number of rotatable bonds is 12.